The molecule has 2 aromatic rings. The number of amides is 1. The van der Waals surface area contributed by atoms with E-state index in [-0.39, 0.29) is 5.91 Å². The molecule has 0 unspecified atom stereocenters. The molecule has 0 bridgehead atoms. The number of para-hydroxylation sites is 1. The molecular formula is C19H25N3O. The minimum Gasteiger partial charge on any atom is -0.339 e. The SMILES string of the molecule is CC(C)N1CCC(N(C)C(=O)c2cccc3cccnc23)CC1. The standard InChI is InChI=1S/C19H25N3O/c1-14(2)22-12-9-16(10-13-22)21(3)19(23)17-8-4-6-15-7-5-11-20-18(15)17/h4-8,11,14,16H,9-10,12-13H2,1-3H3. The third kappa shape index (κ3) is 3.22. The second-order valence-electron chi connectivity index (χ2n) is 6.66. The molecule has 1 aromatic carbocycles. The van der Waals surface area contributed by atoms with E-state index in [2.05, 4.69) is 23.7 Å². The fourth-order valence-electron chi connectivity index (χ4n) is 3.42. The van der Waals surface area contributed by atoms with Crippen molar-refractivity contribution in [3.63, 3.8) is 0 Å². The van der Waals surface area contributed by atoms with E-state index in [1.807, 2.05) is 42.3 Å². The lowest BCUT2D eigenvalue weighted by Crippen LogP contribution is -2.47. The summed E-state index contributed by atoms with van der Waals surface area (Å²) in [6.45, 7) is 6.59. The van der Waals surface area contributed by atoms with Crippen LogP contribution in [0.5, 0.6) is 0 Å². The number of pyridine rings is 1. The minimum absolute atomic E-state index is 0.0808. The van der Waals surface area contributed by atoms with Gasteiger partial charge >= 0.3 is 0 Å². The molecule has 0 atom stereocenters. The van der Waals surface area contributed by atoms with Crippen molar-refractivity contribution in [1.29, 1.82) is 0 Å². The van der Waals surface area contributed by atoms with Gasteiger partial charge in [-0.1, -0.05) is 18.2 Å². The van der Waals surface area contributed by atoms with Crippen LogP contribution in [0.1, 0.15) is 37.0 Å². The van der Waals surface area contributed by atoms with Crippen LogP contribution in [0.4, 0.5) is 0 Å². The Labute approximate surface area is 138 Å². The van der Waals surface area contributed by atoms with Crippen molar-refractivity contribution >= 4 is 16.8 Å². The first-order chi connectivity index (χ1) is 11.1. The minimum atomic E-state index is 0.0808. The Balaban J connectivity index is 1.77. The maximum absolute atomic E-state index is 12.9. The van der Waals surface area contributed by atoms with Gasteiger partial charge in [-0.05, 0) is 38.8 Å². The van der Waals surface area contributed by atoms with E-state index < -0.39 is 0 Å². The van der Waals surface area contributed by atoms with E-state index in [0.717, 1.165) is 36.8 Å². The lowest BCUT2D eigenvalue weighted by Gasteiger charge is -2.38. The van der Waals surface area contributed by atoms with Crippen LogP contribution in [0.25, 0.3) is 10.9 Å². The monoisotopic (exact) mass is 311 g/mol. The van der Waals surface area contributed by atoms with Gasteiger partial charge in [0.25, 0.3) is 5.91 Å². The highest BCUT2D eigenvalue weighted by Crippen LogP contribution is 2.22. The van der Waals surface area contributed by atoms with Crippen molar-refractivity contribution in [2.24, 2.45) is 0 Å². The van der Waals surface area contributed by atoms with Crippen molar-refractivity contribution in [3.8, 4) is 0 Å². The van der Waals surface area contributed by atoms with Crippen molar-refractivity contribution in [1.82, 2.24) is 14.8 Å². The molecule has 0 spiro atoms. The van der Waals surface area contributed by atoms with Crippen LogP contribution in [-0.4, -0.2) is 52.9 Å². The van der Waals surface area contributed by atoms with Crippen LogP contribution >= 0.6 is 0 Å². The maximum atomic E-state index is 12.9. The highest BCUT2D eigenvalue weighted by atomic mass is 16.2. The van der Waals surface area contributed by atoms with E-state index in [1.165, 1.54) is 0 Å². The number of piperidine rings is 1. The first-order valence-corrected chi connectivity index (χ1v) is 8.43. The van der Waals surface area contributed by atoms with E-state index in [4.69, 9.17) is 0 Å². The molecule has 0 radical (unpaired) electrons. The topological polar surface area (TPSA) is 36.4 Å². The summed E-state index contributed by atoms with van der Waals surface area (Å²) >= 11 is 0. The Kier molecular flexibility index (Phi) is 4.62. The summed E-state index contributed by atoms with van der Waals surface area (Å²) in [6, 6.07) is 10.6. The zero-order valence-corrected chi connectivity index (χ0v) is 14.2. The second-order valence-corrected chi connectivity index (χ2v) is 6.66. The lowest BCUT2D eigenvalue weighted by atomic mass is 10.0. The molecule has 1 saturated heterocycles. The van der Waals surface area contributed by atoms with Gasteiger partial charge in [-0.15, -0.1) is 0 Å². The smallest absolute Gasteiger partial charge is 0.256 e. The molecule has 3 rings (SSSR count). The van der Waals surface area contributed by atoms with Crippen LogP contribution in [0.2, 0.25) is 0 Å². The number of benzene rings is 1. The van der Waals surface area contributed by atoms with E-state index in [9.17, 15) is 4.79 Å². The molecule has 122 valence electrons. The van der Waals surface area contributed by atoms with Crippen molar-refractivity contribution in [2.45, 2.75) is 38.8 Å². The molecule has 23 heavy (non-hydrogen) atoms. The lowest BCUT2D eigenvalue weighted by molar-refractivity contribution is 0.0617. The third-order valence-corrected chi connectivity index (χ3v) is 4.96. The zero-order valence-electron chi connectivity index (χ0n) is 14.2. The Morgan fingerprint density at radius 1 is 1.22 bits per heavy atom. The predicted molar refractivity (Wildman–Crippen MR) is 93.6 cm³/mol. The zero-order chi connectivity index (χ0) is 16.4. The van der Waals surface area contributed by atoms with Crippen LogP contribution in [0.15, 0.2) is 36.5 Å². The first kappa shape index (κ1) is 15.9. The molecule has 1 aromatic heterocycles. The number of hydrogen-bond donors (Lipinski definition) is 0. The quantitative estimate of drug-likeness (QED) is 0.873. The molecule has 0 N–H and O–H groups in total. The Morgan fingerprint density at radius 2 is 1.91 bits per heavy atom. The Bertz CT molecular complexity index is 685. The fourth-order valence-corrected chi connectivity index (χ4v) is 3.42. The van der Waals surface area contributed by atoms with Gasteiger partial charge < -0.3 is 9.80 Å². The summed E-state index contributed by atoms with van der Waals surface area (Å²) in [6.07, 6.45) is 3.83. The number of carbonyl (C=O) groups is 1. The summed E-state index contributed by atoms with van der Waals surface area (Å²) < 4.78 is 0. The molecule has 0 aliphatic carbocycles. The van der Waals surface area contributed by atoms with Gasteiger partial charge in [-0.3, -0.25) is 9.78 Å². The number of nitrogens with zero attached hydrogens (tertiary/aromatic N) is 3. The van der Waals surface area contributed by atoms with Gasteiger partial charge in [0.2, 0.25) is 0 Å². The van der Waals surface area contributed by atoms with Gasteiger partial charge in [0.15, 0.2) is 0 Å². The largest absolute Gasteiger partial charge is 0.339 e. The second kappa shape index (κ2) is 6.67. The van der Waals surface area contributed by atoms with Gasteiger partial charge in [-0.25, -0.2) is 0 Å². The molecule has 1 aliphatic heterocycles. The van der Waals surface area contributed by atoms with Crippen LogP contribution in [0.3, 0.4) is 0 Å². The summed E-state index contributed by atoms with van der Waals surface area (Å²) in [5.41, 5.74) is 1.50. The van der Waals surface area contributed by atoms with Crippen molar-refractivity contribution in [2.75, 3.05) is 20.1 Å². The van der Waals surface area contributed by atoms with E-state index in [0.29, 0.717) is 17.6 Å². The van der Waals surface area contributed by atoms with Crippen molar-refractivity contribution < 1.29 is 4.79 Å². The van der Waals surface area contributed by atoms with Crippen molar-refractivity contribution in [3.05, 3.63) is 42.1 Å². The van der Waals surface area contributed by atoms with Gasteiger partial charge in [0, 0.05) is 43.8 Å². The van der Waals surface area contributed by atoms with Crippen LogP contribution in [-0.2, 0) is 0 Å². The number of carbonyl (C=O) groups excluding carboxylic acids is 1. The van der Waals surface area contributed by atoms with E-state index >= 15 is 0 Å². The summed E-state index contributed by atoms with van der Waals surface area (Å²) in [7, 11) is 1.93. The molecule has 2 heterocycles. The number of fused-ring (bicyclic) bond motifs is 1. The number of aromatic nitrogens is 1. The predicted octanol–water partition coefficient (Wildman–Crippen LogP) is 3.18. The highest BCUT2D eigenvalue weighted by molar-refractivity contribution is 6.05. The molecule has 0 saturated carbocycles. The molecular weight excluding hydrogens is 286 g/mol. The first-order valence-electron chi connectivity index (χ1n) is 8.43. The Hall–Kier alpha value is -1.94. The summed E-state index contributed by atoms with van der Waals surface area (Å²) in [5.74, 6) is 0.0808. The Morgan fingerprint density at radius 3 is 2.61 bits per heavy atom. The molecule has 1 aliphatic rings. The average Bonchev–Trinajstić information content (AvgIpc) is 2.60. The highest BCUT2D eigenvalue weighted by Gasteiger charge is 2.27. The molecule has 1 fully saturated rings. The van der Waals surface area contributed by atoms with Gasteiger partial charge in [0.1, 0.15) is 0 Å². The fraction of sp³-hybridized carbons (Fsp3) is 0.474. The molecule has 4 nitrogen and oxygen atoms in total. The number of rotatable bonds is 3. The maximum Gasteiger partial charge on any atom is 0.256 e. The van der Waals surface area contributed by atoms with Gasteiger partial charge in [-0.2, -0.15) is 0 Å². The van der Waals surface area contributed by atoms with Gasteiger partial charge in [0.05, 0.1) is 11.1 Å². The average molecular weight is 311 g/mol. The van der Waals surface area contributed by atoms with Crippen LogP contribution in [0, 0.1) is 0 Å². The summed E-state index contributed by atoms with van der Waals surface area (Å²) in [4.78, 5) is 21.8. The normalized spacial score (nSPS) is 16.9. The summed E-state index contributed by atoms with van der Waals surface area (Å²) in [5, 5.41) is 1.02. The third-order valence-electron chi connectivity index (χ3n) is 4.96. The number of hydrogen-bond acceptors (Lipinski definition) is 3. The molecule has 1 amide bonds. The van der Waals surface area contributed by atoms with Crippen LogP contribution < -0.4 is 0 Å². The van der Waals surface area contributed by atoms with E-state index in [1.54, 1.807) is 6.20 Å². The molecule has 4 heteroatoms. The number of likely N-dealkylation sites (tertiary alicyclic amines) is 1.